The summed E-state index contributed by atoms with van der Waals surface area (Å²) in [5.41, 5.74) is 5.49. The maximum absolute atomic E-state index is 12.4. The number of rotatable bonds is 7. The van der Waals surface area contributed by atoms with Gasteiger partial charge in [-0.1, -0.05) is 84.9 Å². The minimum Gasteiger partial charge on any atom is -0.488 e. The smallest absolute Gasteiger partial charge is 0.244 e. The van der Waals surface area contributed by atoms with Crippen LogP contribution in [0.1, 0.15) is 16.7 Å². The van der Waals surface area contributed by atoms with Crippen molar-refractivity contribution < 1.29 is 9.53 Å². The number of ether oxygens (including phenoxy) is 1. The van der Waals surface area contributed by atoms with Crippen molar-refractivity contribution in [1.29, 1.82) is 0 Å². The van der Waals surface area contributed by atoms with Crippen molar-refractivity contribution in [2.75, 3.05) is 0 Å². The van der Waals surface area contributed by atoms with Gasteiger partial charge in [0.15, 0.2) is 0 Å². The molecule has 0 bridgehead atoms. The van der Waals surface area contributed by atoms with Crippen molar-refractivity contribution >= 4 is 22.9 Å². The second kappa shape index (κ2) is 9.52. The van der Waals surface area contributed by atoms with Gasteiger partial charge < -0.3 is 4.74 Å². The minimum absolute atomic E-state index is 0.162. The molecule has 1 amide bonds. The van der Waals surface area contributed by atoms with E-state index in [1.54, 1.807) is 6.21 Å². The average Bonchev–Trinajstić information content (AvgIpc) is 2.79. The summed E-state index contributed by atoms with van der Waals surface area (Å²) in [6, 6.07) is 31.6. The molecule has 148 valence electrons. The molecule has 1 N–H and O–H groups in total. The third-order valence-electron chi connectivity index (χ3n) is 4.78. The summed E-state index contributed by atoms with van der Waals surface area (Å²) in [7, 11) is 0. The molecule has 0 spiro atoms. The van der Waals surface area contributed by atoms with Gasteiger partial charge >= 0.3 is 0 Å². The number of benzene rings is 4. The quantitative estimate of drug-likeness (QED) is 0.350. The number of nitrogens with zero attached hydrogens (tertiary/aromatic N) is 1. The Kier molecular flexibility index (Phi) is 6.16. The summed E-state index contributed by atoms with van der Waals surface area (Å²) in [4.78, 5) is 12.4. The lowest BCUT2D eigenvalue weighted by Gasteiger charge is -2.09. The second-order valence-corrected chi connectivity index (χ2v) is 6.92. The monoisotopic (exact) mass is 394 g/mol. The fraction of sp³-hybridized carbons (Fsp3) is 0.0769. The summed E-state index contributed by atoms with van der Waals surface area (Å²) >= 11 is 0. The maximum Gasteiger partial charge on any atom is 0.244 e. The molecule has 0 aromatic heterocycles. The van der Waals surface area contributed by atoms with E-state index in [4.69, 9.17) is 4.74 Å². The fourth-order valence-corrected chi connectivity index (χ4v) is 3.29. The van der Waals surface area contributed by atoms with Gasteiger partial charge in [-0.2, -0.15) is 5.10 Å². The van der Waals surface area contributed by atoms with Crippen molar-refractivity contribution in [1.82, 2.24) is 5.43 Å². The molecule has 0 unspecified atom stereocenters. The van der Waals surface area contributed by atoms with Crippen molar-refractivity contribution in [3.8, 4) is 5.75 Å². The Hall–Kier alpha value is -3.92. The van der Waals surface area contributed by atoms with E-state index in [1.807, 2.05) is 97.1 Å². The Morgan fingerprint density at radius 2 is 1.57 bits per heavy atom. The maximum atomic E-state index is 12.4. The van der Waals surface area contributed by atoms with Gasteiger partial charge in [-0.25, -0.2) is 5.43 Å². The minimum atomic E-state index is -0.162. The Morgan fingerprint density at radius 3 is 2.47 bits per heavy atom. The van der Waals surface area contributed by atoms with Crippen LogP contribution in [0.25, 0.3) is 10.8 Å². The first kappa shape index (κ1) is 19.4. The average molecular weight is 394 g/mol. The molecule has 4 aromatic rings. The van der Waals surface area contributed by atoms with Crippen molar-refractivity contribution in [2.24, 2.45) is 5.10 Å². The van der Waals surface area contributed by atoms with E-state index in [2.05, 4.69) is 10.5 Å². The molecule has 0 saturated heterocycles. The fourth-order valence-electron chi connectivity index (χ4n) is 3.29. The van der Waals surface area contributed by atoms with Gasteiger partial charge in [0, 0.05) is 5.56 Å². The Balaban J connectivity index is 1.39. The number of nitrogens with one attached hydrogen (secondary N) is 1. The number of hydrogen-bond acceptors (Lipinski definition) is 3. The van der Waals surface area contributed by atoms with Gasteiger partial charge in [-0.3, -0.25) is 4.79 Å². The van der Waals surface area contributed by atoms with Crippen LogP contribution in [0.5, 0.6) is 5.75 Å². The summed E-state index contributed by atoms with van der Waals surface area (Å²) in [5, 5.41) is 6.33. The van der Waals surface area contributed by atoms with E-state index in [9.17, 15) is 4.79 Å². The zero-order valence-electron chi connectivity index (χ0n) is 16.5. The highest BCUT2D eigenvalue weighted by molar-refractivity contribution is 5.91. The lowest BCUT2D eigenvalue weighted by Crippen LogP contribution is -2.20. The normalized spacial score (nSPS) is 10.9. The highest BCUT2D eigenvalue weighted by Crippen LogP contribution is 2.19. The molecule has 0 atom stereocenters. The predicted octanol–water partition coefficient (Wildman–Crippen LogP) is 5.11. The van der Waals surface area contributed by atoms with Crippen LogP contribution in [0.15, 0.2) is 102 Å². The molecule has 4 heteroatoms. The van der Waals surface area contributed by atoms with Crippen molar-refractivity contribution in [3.05, 3.63) is 114 Å². The van der Waals surface area contributed by atoms with Crippen LogP contribution in [-0.2, 0) is 17.8 Å². The first-order valence-electron chi connectivity index (χ1n) is 9.84. The SMILES string of the molecule is O=C(Cc1cccc2ccccc12)NN=Cc1ccccc1OCc1ccccc1. The number of hydrazone groups is 1. The van der Waals surface area contributed by atoms with Crippen LogP contribution in [0.4, 0.5) is 0 Å². The molecular weight excluding hydrogens is 372 g/mol. The number of fused-ring (bicyclic) bond motifs is 1. The summed E-state index contributed by atoms with van der Waals surface area (Å²) in [6.07, 6.45) is 1.88. The zero-order chi connectivity index (χ0) is 20.6. The van der Waals surface area contributed by atoms with E-state index < -0.39 is 0 Å². The van der Waals surface area contributed by atoms with Crippen LogP contribution in [0.3, 0.4) is 0 Å². The van der Waals surface area contributed by atoms with Crippen LogP contribution < -0.4 is 10.2 Å². The van der Waals surface area contributed by atoms with Gasteiger partial charge in [-0.15, -0.1) is 0 Å². The van der Waals surface area contributed by atoms with Crippen LogP contribution >= 0.6 is 0 Å². The first-order chi connectivity index (χ1) is 14.8. The van der Waals surface area contributed by atoms with Crippen molar-refractivity contribution in [2.45, 2.75) is 13.0 Å². The van der Waals surface area contributed by atoms with Crippen LogP contribution in [0.2, 0.25) is 0 Å². The van der Waals surface area contributed by atoms with Gasteiger partial charge in [0.2, 0.25) is 5.91 Å². The summed E-state index contributed by atoms with van der Waals surface area (Å²) in [6.45, 7) is 0.471. The molecule has 0 aliphatic heterocycles. The third-order valence-corrected chi connectivity index (χ3v) is 4.78. The van der Waals surface area contributed by atoms with Crippen LogP contribution in [-0.4, -0.2) is 12.1 Å². The molecule has 0 heterocycles. The van der Waals surface area contributed by atoms with E-state index in [0.29, 0.717) is 12.4 Å². The summed E-state index contributed by atoms with van der Waals surface area (Å²) in [5.74, 6) is 0.554. The molecular formula is C26H22N2O2. The van der Waals surface area contributed by atoms with Gasteiger partial charge in [0.1, 0.15) is 12.4 Å². The lowest BCUT2D eigenvalue weighted by atomic mass is 10.0. The highest BCUT2D eigenvalue weighted by atomic mass is 16.5. The van der Waals surface area contributed by atoms with Crippen molar-refractivity contribution in [3.63, 3.8) is 0 Å². The molecule has 0 radical (unpaired) electrons. The van der Waals surface area contributed by atoms with E-state index in [1.165, 1.54) is 0 Å². The highest BCUT2D eigenvalue weighted by Gasteiger charge is 2.06. The van der Waals surface area contributed by atoms with Gasteiger partial charge in [0.05, 0.1) is 12.6 Å². The number of carbonyl (C=O) groups is 1. The molecule has 30 heavy (non-hydrogen) atoms. The predicted molar refractivity (Wildman–Crippen MR) is 121 cm³/mol. The Morgan fingerprint density at radius 1 is 0.833 bits per heavy atom. The largest absolute Gasteiger partial charge is 0.488 e. The Bertz CT molecular complexity index is 1160. The van der Waals surface area contributed by atoms with Crippen LogP contribution in [0, 0.1) is 0 Å². The number of amides is 1. The topological polar surface area (TPSA) is 50.7 Å². The molecule has 0 aliphatic rings. The zero-order valence-corrected chi connectivity index (χ0v) is 16.5. The van der Waals surface area contributed by atoms with E-state index in [0.717, 1.165) is 27.5 Å². The van der Waals surface area contributed by atoms with E-state index >= 15 is 0 Å². The number of para-hydroxylation sites is 1. The molecule has 4 rings (SSSR count). The molecule has 0 fully saturated rings. The molecule has 0 aliphatic carbocycles. The lowest BCUT2D eigenvalue weighted by molar-refractivity contribution is -0.120. The van der Waals surface area contributed by atoms with E-state index in [-0.39, 0.29) is 12.3 Å². The molecule has 4 nitrogen and oxygen atoms in total. The number of carbonyl (C=O) groups excluding carboxylic acids is 1. The Labute approximate surface area is 175 Å². The standard InChI is InChI=1S/C26H22N2O2/c29-26(17-22-14-8-13-21-11-4-6-15-24(21)22)28-27-18-23-12-5-7-16-25(23)30-19-20-9-2-1-3-10-20/h1-16,18H,17,19H2,(H,28,29). The first-order valence-corrected chi connectivity index (χ1v) is 9.84. The molecule has 4 aromatic carbocycles. The molecule has 0 saturated carbocycles. The second-order valence-electron chi connectivity index (χ2n) is 6.92. The summed E-state index contributed by atoms with van der Waals surface area (Å²) < 4.78 is 5.92. The van der Waals surface area contributed by atoms with Gasteiger partial charge in [0.25, 0.3) is 0 Å². The number of hydrogen-bond donors (Lipinski definition) is 1. The van der Waals surface area contributed by atoms with Gasteiger partial charge in [-0.05, 0) is 34.0 Å². The third kappa shape index (κ3) is 4.92.